The third-order valence-electron chi connectivity index (χ3n) is 6.28. The number of carbonyl (C=O) groups is 1. The Hall–Kier alpha value is -3.75. The second kappa shape index (κ2) is 10.0. The van der Waals surface area contributed by atoms with E-state index in [0.717, 1.165) is 22.3 Å². The van der Waals surface area contributed by atoms with Gasteiger partial charge in [-0.2, -0.15) is 0 Å². The number of ether oxygens (including phenoxy) is 1. The van der Waals surface area contributed by atoms with E-state index in [1.165, 1.54) is 25.1 Å². The van der Waals surface area contributed by atoms with Gasteiger partial charge in [0.05, 0.1) is 11.0 Å². The lowest BCUT2D eigenvalue weighted by Crippen LogP contribution is -2.30. The first-order valence-corrected chi connectivity index (χ1v) is 11.1. The normalized spacial score (nSPS) is 14.1. The van der Waals surface area contributed by atoms with Crippen molar-refractivity contribution in [3.05, 3.63) is 99.1 Å². The number of fused-ring (bicyclic) bond motifs is 3. The van der Waals surface area contributed by atoms with Crippen molar-refractivity contribution in [2.24, 2.45) is 0 Å². The number of hydrogen-bond acceptors (Lipinski definition) is 6. The molecule has 0 aliphatic heterocycles. The number of amides is 1. The fraction of sp³-hybridized carbons (Fsp3) is 0.269. The summed E-state index contributed by atoms with van der Waals surface area (Å²) in [6, 6.07) is 20.4. The zero-order valence-corrected chi connectivity index (χ0v) is 18.7. The number of rotatable bonds is 8. The van der Waals surface area contributed by atoms with Gasteiger partial charge in [-0.25, -0.2) is 4.79 Å². The Balaban J connectivity index is 1.30. The van der Waals surface area contributed by atoms with Crippen molar-refractivity contribution in [1.82, 2.24) is 5.32 Å². The average Bonchev–Trinajstić information content (AvgIpc) is 3.16. The molecule has 0 heterocycles. The Morgan fingerprint density at radius 2 is 1.65 bits per heavy atom. The maximum atomic E-state index is 12.3. The van der Waals surface area contributed by atoms with Crippen LogP contribution < -0.4 is 5.32 Å². The SMILES string of the molecule is Cc1c(C(O)C(O)CCNC(=O)OCC2c3ccccc3-c3ccccc32)cccc1[N+](=O)[O-]. The molecule has 1 amide bonds. The quantitative estimate of drug-likeness (QED) is 0.340. The Morgan fingerprint density at radius 3 is 2.26 bits per heavy atom. The number of benzene rings is 3. The molecule has 0 fully saturated rings. The summed E-state index contributed by atoms with van der Waals surface area (Å²) in [5, 5.41) is 34.5. The second-order valence-corrected chi connectivity index (χ2v) is 8.30. The van der Waals surface area contributed by atoms with Crippen molar-refractivity contribution in [1.29, 1.82) is 0 Å². The van der Waals surface area contributed by atoms with Gasteiger partial charge in [0.1, 0.15) is 12.7 Å². The zero-order chi connectivity index (χ0) is 24.2. The average molecular weight is 463 g/mol. The molecule has 3 aromatic carbocycles. The van der Waals surface area contributed by atoms with E-state index in [1.54, 1.807) is 0 Å². The Labute approximate surface area is 197 Å². The molecule has 8 nitrogen and oxygen atoms in total. The van der Waals surface area contributed by atoms with Crippen LogP contribution in [0.25, 0.3) is 11.1 Å². The van der Waals surface area contributed by atoms with Crippen LogP contribution in [0.5, 0.6) is 0 Å². The molecule has 3 N–H and O–H groups in total. The fourth-order valence-corrected chi connectivity index (χ4v) is 4.50. The highest BCUT2D eigenvalue weighted by Crippen LogP contribution is 2.44. The number of aliphatic hydroxyl groups excluding tert-OH is 2. The molecule has 2 atom stereocenters. The van der Waals surface area contributed by atoms with Crippen molar-refractivity contribution in [2.45, 2.75) is 31.5 Å². The fourth-order valence-electron chi connectivity index (χ4n) is 4.50. The maximum Gasteiger partial charge on any atom is 0.407 e. The maximum absolute atomic E-state index is 12.3. The van der Waals surface area contributed by atoms with Crippen LogP contribution >= 0.6 is 0 Å². The first-order valence-electron chi connectivity index (χ1n) is 11.1. The van der Waals surface area contributed by atoms with Gasteiger partial charge in [-0.3, -0.25) is 10.1 Å². The minimum atomic E-state index is -1.32. The molecule has 34 heavy (non-hydrogen) atoms. The minimum Gasteiger partial charge on any atom is -0.449 e. The van der Waals surface area contributed by atoms with E-state index >= 15 is 0 Å². The minimum absolute atomic E-state index is 0.0491. The molecular formula is C26H26N2O6. The van der Waals surface area contributed by atoms with Crippen molar-refractivity contribution >= 4 is 11.8 Å². The Morgan fingerprint density at radius 1 is 1.03 bits per heavy atom. The van der Waals surface area contributed by atoms with Gasteiger partial charge in [-0.1, -0.05) is 60.7 Å². The van der Waals surface area contributed by atoms with Crippen molar-refractivity contribution in [3.63, 3.8) is 0 Å². The molecule has 8 heteroatoms. The highest BCUT2D eigenvalue weighted by molar-refractivity contribution is 5.79. The molecule has 0 radical (unpaired) electrons. The van der Waals surface area contributed by atoms with Gasteiger partial charge in [0.25, 0.3) is 5.69 Å². The molecule has 3 aromatic rings. The van der Waals surface area contributed by atoms with Gasteiger partial charge >= 0.3 is 6.09 Å². The van der Waals surface area contributed by atoms with Gasteiger partial charge < -0.3 is 20.3 Å². The monoisotopic (exact) mass is 462 g/mol. The van der Waals surface area contributed by atoms with Crippen molar-refractivity contribution in [2.75, 3.05) is 13.2 Å². The number of nitrogens with zero attached hydrogens (tertiary/aromatic N) is 1. The van der Waals surface area contributed by atoms with Crippen LogP contribution in [0.4, 0.5) is 10.5 Å². The van der Waals surface area contributed by atoms with E-state index in [0.29, 0.717) is 5.56 Å². The largest absolute Gasteiger partial charge is 0.449 e. The van der Waals surface area contributed by atoms with Crippen LogP contribution in [0.3, 0.4) is 0 Å². The summed E-state index contributed by atoms with van der Waals surface area (Å²) in [4.78, 5) is 22.8. The zero-order valence-electron chi connectivity index (χ0n) is 18.7. The summed E-state index contributed by atoms with van der Waals surface area (Å²) in [5.74, 6) is -0.0533. The molecule has 4 rings (SSSR count). The summed E-state index contributed by atoms with van der Waals surface area (Å²) >= 11 is 0. The lowest BCUT2D eigenvalue weighted by atomic mass is 9.97. The Kier molecular flexibility index (Phi) is 6.90. The number of alkyl carbamates (subject to hydrolysis) is 1. The molecular weight excluding hydrogens is 436 g/mol. The van der Waals surface area contributed by atoms with E-state index < -0.39 is 23.2 Å². The van der Waals surface area contributed by atoms with Crippen LogP contribution in [0, 0.1) is 17.0 Å². The van der Waals surface area contributed by atoms with E-state index in [-0.39, 0.29) is 36.7 Å². The summed E-state index contributed by atoms with van der Waals surface area (Å²) < 4.78 is 5.46. The third kappa shape index (κ3) is 4.64. The van der Waals surface area contributed by atoms with Gasteiger partial charge in [-0.05, 0) is 41.2 Å². The number of hydrogen-bond donors (Lipinski definition) is 3. The van der Waals surface area contributed by atoms with Crippen LogP contribution in [-0.4, -0.2) is 40.5 Å². The van der Waals surface area contributed by atoms with Crippen LogP contribution in [0.1, 0.15) is 40.7 Å². The number of nitro benzene ring substituents is 1. The van der Waals surface area contributed by atoms with Crippen molar-refractivity contribution in [3.8, 4) is 11.1 Å². The number of aliphatic hydroxyl groups is 2. The van der Waals surface area contributed by atoms with Crippen LogP contribution in [0.15, 0.2) is 66.7 Å². The number of carbonyl (C=O) groups excluding carboxylic acids is 1. The van der Waals surface area contributed by atoms with E-state index in [9.17, 15) is 25.1 Å². The summed E-state index contributed by atoms with van der Waals surface area (Å²) in [7, 11) is 0. The van der Waals surface area contributed by atoms with E-state index in [2.05, 4.69) is 17.4 Å². The van der Waals surface area contributed by atoms with Crippen LogP contribution in [0.2, 0.25) is 0 Å². The number of nitrogens with one attached hydrogen (secondary N) is 1. The molecule has 1 aliphatic carbocycles. The van der Waals surface area contributed by atoms with Gasteiger partial charge in [-0.15, -0.1) is 0 Å². The van der Waals surface area contributed by atoms with Crippen molar-refractivity contribution < 1.29 is 24.7 Å². The summed E-state index contributed by atoms with van der Waals surface area (Å²) in [6.07, 6.45) is -3.10. The topological polar surface area (TPSA) is 122 Å². The third-order valence-corrected chi connectivity index (χ3v) is 6.28. The van der Waals surface area contributed by atoms with Gasteiger partial charge in [0, 0.05) is 24.1 Å². The van der Waals surface area contributed by atoms with E-state index in [1.807, 2.05) is 36.4 Å². The Bertz CT molecular complexity index is 1170. The molecule has 0 saturated carbocycles. The lowest BCUT2D eigenvalue weighted by molar-refractivity contribution is -0.385. The molecule has 2 unspecified atom stereocenters. The molecule has 0 bridgehead atoms. The van der Waals surface area contributed by atoms with Crippen LogP contribution in [-0.2, 0) is 4.74 Å². The second-order valence-electron chi connectivity index (χ2n) is 8.30. The molecule has 1 aliphatic rings. The predicted molar refractivity (Wildman–Crippen MR) is 126 cm³/mol. The molecule has 0 spiro atoms. The predicted octanol–water partition coefficient (Wildman–Crippen LogP) is 4.23. The summed E-state index contributed by atoms with van der Waals surface area (Å²) in [6.45, 7) is 1.78. The van der Waals surface area contributed by atoms with Gasteiger partial charge in [0.15, 0.2) is 0 Å². The van der Waals surface area contributed by atoms with Gasteiger partial charge in [0.2, 0.25) is 0 Å². The standard InChI is InChI=1S/C26H26N2O6/c1-16-17(11-6-12-23(16)28(32)33)25(30)24(29)13-14-27-26(31)34-15-22-20-9-4-2-7-18(20)19-8-3-5-10-21(19)22/h2-12,22,24-25,29-30H,13-15H2,1H3,(H,27,31). The van der Waals surface area contributed by atoms with E-state index in [4.69, 9.17) is 4.74 Å². The number of nitro groups is 1. The molecule has 0 saturated heterocycles. The lowest BCUT2D eigenvalue weighted by Gasteiger charge is -2.20. The highest BCUT2D eigenvalue weighted by atomic mass is 16.6. The first-order chi connectivity index (χ1) is 16.4. The highest BCUT2D eigenvalue weighted by Gasteiger charge is 2.29. The molecule has 0 aromatic heterocycles. The summed E-state index contributed by atoms with van der Waals surface area (Å²) in [5.41, 5.74) is 4.96. The molecule has 176 valence electrons. The smallest absolute Gasteiger partial charge is 0.407 e. The first kappa shape index (κ1) is 23.4.